The third kappa shape index (κ3) is 3.70. The van der Waals surface area contributed by atoms with Crippen molar-refractivity contribution < 1.29 is 9.50 Å². The van der Waals surface area contributed by atoms with Crippen LogP contribution in [-0.2, 0) is 6.54 Å². The lowest BCUT2D eigenvalue weighted by atomic mass is 10.1. The number of benzene rings is 1. The maximum absolute atomic E-state index is 13.4. The number of hydrogen-bond donors (Lipinski definition) is 2. The zero-order valence-electron chi connectivity index (χ0n) is 11.8. The van der Waals surface area contributed by atoms with E-state index in [0.29, 0.717) is 6.04 Å². The number of phenols is 1. The van der Waals surface area contributed by atoms with Gasteiger partial charge >= 0.3 is 0 Å². The summed E-state index contributed by atoms with van der Waals surface area (Å²) < 4.78 is 13.4. The van der Waals surface area contributed by atoms with E-state index in [1.165, 1.54) is 37.8 Å². The Balaban J connectivity index is 1.62. The summed E-state index contributed by atoms with van der Waals surface area (Å²) in [4.78, 5) is 2.44. The highest BCUT2D eigenvalue weighted by Crippen LogP contribution is 2.30. The van der Waals surface area contributed by atoms with Crippen LogP contribution in [0, 0.1) is 11.7 Å². The van der Waals surface area contributed by atoms with Gasteiger partial charge in [-0.1, -0.05) is 6.07 Å². The normalized spacial score (nSPS) is 22.6. The first-order valence-electron chi connectivity index (χ1n) is 7.64. The summed E-state index contributed by atoms with van der Waals surface area (Å²) in [6.45, 7) is 4.04. The third-order valence-corrected chi connectivity index (χ3v) is 4.27. The molecule has 0 bridgehead atoms. The fraction of sp³-hybridized carbons (Fsp3) is 0.625. The summed E-state index contributed by atoms with van der Waals surface area (Å²) in [7, 11) is 0. The fourth-order valence-corrected chi connectivity index (χ4v) is 3.00. The molecule has 0 amide bonds. The largest absolute Gasteiger partial charge is 0.505 e. The smallest absolute Gasteiger partial charge is 0.165 e. The molecule has 2 aliphatic rings. The Morgan fingerprint density at radius 2 is 2.10 bits per heavy atom. The number of rotatable bonds is 6. The van der Waals surface area contributed by atoms with E-state index in [-0.39, 0.29) is 5.75 Å². The van der Waals surface area contributed by atoms with Crippen LogP contribution >= 0.6 is 0 Å². The first-order valence-corrected chi connectivity index (χ1v) is 7.64. The minimum absolute atomic E-state index is 0.264. The van der Waals surface area contributed by atoms with Gasteiger partial charge in [0.15, 0.2) is 11.6 Å². The van der Waals surface area contributed by atoms with Gasteiger partial charge in [0.05, 0.1) is 0 Å². The second-order valence-corrected chi connectivity index (χ2v) is 6.22. The lowest BCUT2D eigenvalue weighted by Crippen LogP contribution is -2.38. The van der Waals surface area contributed by atoms with Gasteiger partial charge in [0.1, 0.15) is 0 Å². The molecule has 0 radical (unpaired) electrons. The molecule has 2 fully saturated rings. The molecule has 2 N–H and O–H groups in total. The van der Waals surface area contributed by atoms with Crippen LogP contribution in [0.1, 0.15) is 31.2 Å². The summed E-state index contributed by atoms with van der Waals surface area (Å²) in [5.74, 6) is 0.0474. The molecular formula is C16H23FN2O. The zero-order chi connectivity index (χ0) is 13.9. The van der Waals surface area contributed by atoms with E-state index in [1.807, 2.05) is 6.07 Å². The van der Waals surface area contributed by atoms with Crippen LogP contribution in [-0.4, -0.2) is 35.7 Å². The van der Waals surface area contributed by atoms with Crippen molar-refractivity contribution in [2.45, 2.75) is 38.3 Å². The van der Waals surface area contributed by atoms with E-state index in [2.05, 4.69) is 10.2 Å². The SMILES string of the molecule is Oc1ccc(CN(CC2CC2)CC2CCCN2)cc1F. The second kappa shape index (κ2) is 6.10. The van der Waals surface area contributed by atoms with Crippen LogP contribution in [0.2, 0.25) is 0 Å². The van der Waals surface area contributed by atoms with Gasteiger partial charge in [-0.05, 0) is 55.8 Å². The van der Waals surface area contributed by atoms with Gasteiger partial charge in [-0.15, -0.1) is 0 Å². The molecular weight excluding hydrogens is 255 g/mol. The fourth-order valence-electron chi connectivity index (χ4n) is 3.00. The highest BCUT2D eigenvalue weighted by Gasteiger charge is 2.26. The van der Waals surface area contributed by atoms with Crippen molar-refractivity contribution in [3.8, 4) is 5.75 Å². The first-order chi connectivity index (χ1) is 9.70. The van der Waals surface area contributed by atoms with E-state index in [1.54, 1.807) is 0 Å². The predicted molar refractivity (Wildman–Crippen MR) is 77.1 cm³/mol. The zero-order valence-corrected chi connectivity index (χ0v) is 11.8. The summed E-state index contributed by atoms with van der Waals surface area (Å²) in [5, 5.41) is 12.8. The predicted octanol–water partition coefficient (Wildman–Crippen LogP) is 2.50. The molecule has 1 saturated carbocycles. The van der Waals surface area contributed by atoms with Crippen LogP contribution in [0.5, 0.6) is 5.75 Å². The monoisotopic (exact) mass is 278 g/mol. The highest BCUT2D eigenvalue weighted by molar-refractivity contribution is 5.28. The van der Waals surface area contributed by atoms with E-state index in [4.69, 9.17) is 0 Å². The van der Waals surface area contributed by atoms with Crippen molar-refractivity contribution in [2.75, 3.05) is 19.6 Å². The quantitative estimate of drug-likeness (QED) is 0.839. The lowest BCUT2D eigenvalue weighted by Gasteiger charge is -2.25. The Labute approximate surface area is 119 Å². The number of nitrogens with one attached hydrogen (secondary N) is 1. The number of aromatic hydroxyl groups is 1. The van der Waals surface area contributed by atoms with Gasteiger partial charge in [-0.25, -0.2) is 4.39 Å². The Hall–Kier alpha value is -1.13. The Bertz CT molecular complexity index is 456. The molecule has 0 spiro atoms. The van der Waals surface area contributed by atoms with Crippen LogP contribution in [0.3, 0.4) is 0 Å². The van der Waals surface area contributed by atoms with Gasteiger partial charge in [0, 0.05) is 25.7 Å². The molecule has 1 aliphatic carbocycles. The molecule has 1 atom stereocenters. The Morgan fingerprint density at radius 1 is 1.25 bits per heavy atom. The molecule has 1 aliphatic heterocycles. The number of hydrogen-bond acceptors (Lipinski definition) is 3. The molecule has 1 saturated heterocycles. The molecule has 0 aromatic heterocycles. The van der Waals surface area contributed by atoms with Gasteiger partial charge in [0.2, 0.25) is 0 Å². The van der Waals surface area contributed by atoms with E-state index in [0.717, 1.165) is 37.7 Å². The minimum atomic E-state index is -0.520. The topological polar surface area (TPSA) is 35.5 Å². The highest BCUT2D eigenvalue weighted by atomic mass is 19.1. The van der Waals surface area contributed by atoms with Crippen LogP contribution in [0.4, 0.5) is 4.39 Å². The molecule has 4 heteroatoms. The van der Waals surface area contributed by atoms with Gasteiger partial charge in [-0.2, -0.15) is 0 Å². The number of nitrogens with zero attached hydrogens (tertiary/aromatic N) is 1. The average Bonchev–Trinajstić information content (AvgIpc) is 3.08. The first kappa shape index (κ1) is 13.8. The second-order valence-electron chi connectivity index (χ2n) is 6.22. The molecule has 1 heterocycles. The Morgan fingerprint density at radius 3 is 2.75 bits per heavy atom. The average molecular weight is 278 g/mol. The van der Waals surface area contributed by atoms with Crippen LogP contribution in [0.15, 0.2) is 18.2 Å². The van der Waals surface area contributed by atoms with Crippen LogP contribution < -0.4 is 5.32 Å². The van der Waals surface area contributed by atoms with Crippen LogP contribution in [0.25, 0.3) is 0 Å². The molecule has 20 heavy (non-hydrogen) atoms. The summed E-state index contributed by atoms with van der Waals surface area (Å²) >= 11 is 0. The van der Waals surface area contributed by atoms with Crippen molar-refractivity contribution in [1.82, 2.24) is 10.2 Å². The molecule has 1 aromatic rings. The van der Waals surface area contributed by atoms with Gasteiger partial charge in [0.25, 0.3) is 0 Å². The van der Waals surface area contributed by atoms with E-state index in [9.17, 15) is 9.50 Å². The maximum Gasteiger partial charge on any atom is 0.165 e. The molecule has 1 aromatic carbocycles. The van der Waals surface area contributed by atoms with Crippen molar-refractivity contribution in [3.63, 3.8) is 0 Å². The molecule has 3 rings (SSSR count). The number of halogens is 1. The van der Waals surface area contributed by atoms with E-state index >= 15 is 0 Å². The maximum atomic E-state index is 13.4. The molecule has 3 nitrogen and oxygen atoms in total. The number of phenolic OH excluding ortho intramolecular Hbond substituents is 1. The van der Waals surface area contributed by atoms with E-state index < -0.39 is 5.82 Å². The standard InChI is InChI=1S/C16H23FN2O/c17-15-8-13(5-6-16(15)20)10-19(9-12-3-4-12)11-14-2-1-7-18-14/h5-6,8,12,14,18,20H,1-4,7,9-11H2. The summed E-state index contributed by atoms with van der Waals surface area (Å²) in [6, 6.07) is 5.31. The van der Waals surface area contributed by atoms with Crippen molar-refractivity contribution in [1.29, 1.82) is 0 Å². The van der Waals surface area contributed by atoms with Gasteiger partial charge in [-0.3, -0.25) is 4.90 Å². The summed E-state index contributed by atoms with van der Waals surface area (Å²) in [6.07, 6.45) is 5.16. The van der Waals surface area contributed by atoms with Crippen molar-refractivity contribution in [2.24, 2.45) is 5.92 Å². The molecule has 1 unspecified atom stereocenters. The molecule has 110 valence electrons. The Kier molecular flexibility index (Phi) is 4.22. The summed E-state index contributed by atoms with van der Waals surface area (Å²) in [5.41, 5.74) is 0.943. The lowest BCUT2D eigenvalue weighted by molar-refractivity contribution is 0.231. The van der Waals surface area contributed by atoms with Crippen molar-refractivity contribution >= 4 is 0 Å². The van der Waals surface area contributed by atoms with Crippen molar-refractivity contribution in [3.05, 3.63) is 29.6 Å². The minimum Gasteiger partial charge on any atom is -0.505 e. The van der Waals surface area contributed by atoms with Gasteiger partial charge < -0.3 is 10.4 Å². The third-order valence-electron chi connectivity index (χ3n) is 4.27.